The maximum Gasteiger partial charge on any atom is 0.257 e. The second-order valence-electron chi connectivity index (χ2n) is 7.84. The quantitative estimate of drug-likeness (QED) is 0.459. The number of carbonyl (C=O) groups excluding carboxylic acids is 1. The van der Waals surface area contributed by atoms with Crippen molar-refractivity contribution in [2.75, 3.05) is 19.0 Å². The fourth-order valence-corrected chi connectivity index (χ4v) is 5.78. The van der Waals surface area contributed by atoms with Crippen molar-refractivity contribution in [3.05, 3.63) is 64.7 Å². The van der Waals surface area contributed by atoms with Gasteiger partial charge in [-0.3, -0.25) is 10.1 Å². The van der Waals surface area contributed by atoms with E-state index in [9.17, 15) is 13.2 Å². The highest BCUT2D eigenvalue weighted by atomic mass is 32.2. The van der Waals surface area contributed by atoms with Crippen LogP contribution in [0.1, 0.15) is 41.7 Å². The van der Waals surface area contributed by atoms with Crippen LogP contribution in [0.25, 0.3) is 0 Å². The molecule has 0 radical (unpaired) electrons. The fourth-order valence-electron chi connectivity index (χ4n) is 3.22. The molecule has 1 N–H and O–H groups in total. The lowest BCUT2D eigenvalue weighted by atomic mass is 10.1. The molecule has 0 saturated carbocycles. The third-order valence-electron chi connectivity index (χ3n) is 4.87. The largest absolute Gasteiger partial charge is 0.495 e. The van der Waals surface area contributed by atoms with Gasteiger partial charge < -0.3 is 4.74 Å². The fraction of sp³-hybridized carbons (Fsp3) is 0.348. The number of ether oxygens (including phenoxy) is 1. The Bertz CT molecular complexity index is 1190. The third-order valence-corrected chi connectivity index (χ3v) is 7.67. The Kier molecular flexibility index (Phi) is 8.17. The number of carbonyl (C=O) groups is 1. The van der Waals surface area contributed by atoms with Crippen LogP contribution in [0.4, 0.5) is 5.13 Å². The van der Waals surface area contributed by atoms with Crippen molar-refractivity contribution in [1.29, 1.82) is 0 Å². The van der Waals surface area contributed by atoms with Crippen LogP contribution < -0.4 is 10.1 Å². The summed E-state index contributed by atoms with van der Waals surface area (Å²) in [5, 5.41) is 12.0. The molecule has 0 aliphatic carbocycles. The summed E-state index contributed by atoms with van der Waals surface area (Å²) in [5.74, 6) is 0.133. The first-order chi connectivity index (χ1) is 15.7. The highest BCUT2D eigenvalue weighted by molar-refractivity contribution is 7.89. The summed E-state index contributed by atoms with van der Waals surface area (Å²) in [6.45, 7) is 6.41. The second kappa shape index (κ2) is 10.9. The van der Waals surface area contributed by atoms with Crippen molar-refractivity contribution in [3.63, 3.8) is 0 Å². The molecule has 2 aromatic carbocycles. The number of nitrogens with one attached hydrogen (secondary N) is 1. The average Bonchev–Trinajstić information content (AvgIpc) is 3.23. The van der Waals surface area contributed by atoms with Crippen LogP contribution in [0.2, 0.25) is 0 Å². The van der Waals surface area contributed by atoms with Crippen LogP contribution in [0.3, 0.4) is 0 Å². The van der Waals surface area contributed by atoms with E-state index in [-0.39, 0.29) is 29.3 Å². The van der Waals surface area contributed by atoms with E-state index in [1.54, 1.807) is 6.92 Å². The van der Waals surface area contributed by atoms with Crippen molar-refractivity contribution in [1.82, 2.24) is 14.5 Å². The highest BCUT2D eigenvalue weighted by Gasteiger charge is 2.28. The molecule has 0 atom stereocenters. The van der Waals surface area contributed by atoms with Crippen LogP contribution >= 0.6 is 11.3 Å². The number of rotatable bonds is 10. The van der Waals surface area contributed by atoms with Crippen LogP contribution in [0.15, 0.2) is 53.4 Å². The lowest BCUT2D eigenvalue weighted by Gasteiger charge is -2.22. The monoisotopic (exact) mass is 488 g/mol. The number of amides is 1. The number of methoxy groups -OCH3 is 1. The van der Waals surface area contributed by atoms with E-state index in [0.717, 1.165) is 17.0 Å². The zero-order valence-electron chi connectivity index (χ0n) is 19.1. The number of hydrogen-bond donors (Lipinski definition) is 1. The molecule has 33 heavy (non-hydrogen) atoms. The van der Waals surface area contributed by atoms with E-state index in [1.807, 2.05) is 30.3 Å². The van der Waals surface area contributed by atoms with Crippen molar-refractivity contribution < 1.29 is 17.9 Å². The van der Waals surface area contributed by atoms with E-state index in [1.165, 1.54) is 41.0 Å². The molecule has 10 heteroatoms. The van der Waals surface area contributed by atoms with Crippen LogP contribution in [-0.2, 0) is 23.0 Å². The Balaban J connectivity index is 1.87. The van der Waals surface area contributed by atoms with E-state index >= 15 is 0 Å². The van der Waals surface area contributed by atoms with Crippen LogP contribution in [-0.4, -0.2) is 42.5 Å². The normalized spacial score (nSPS) is 11.7. The van der Waals surface area contributed by atoms with Gasteiger partial charge in [-0.2, -0.15) is 4.31 Å². The summed E-state index contributed by atoms with van der Waals surface area (Å²) >= 11 is 1.31. The lowest BCUT2D eigenvalue weighted by Crippen LogP contribution is -2.31. The Morgan fingerprint density at radius 3 is 2.52 bits per heavy atom. The standard InChI is InChI=1S/C23H28N4O4S2/c1-5-27(15-17-9-7-6-8-10-17)33(29,30)20-14-18(11-12-19(20)31-4)22(28)24-23-26-25-21(32-23)13-16(2)3/h6-12,14,16H,5,13,15H2,1-4H3,(H,24,26,28). The van der Waals surface area contributed by atoms with Crippen molar-refractivity contribution in [2.45, 2.75) is 38.6 Å². The van der Waals surface area contributed by atoms with Gasteiger partial charge in [-0.1, -0.05) is 62.4 Å². The molecular formula is C23H28N4O4S2. The summed E-state index contributed by atoms with van der Waals surface area (Å²) in [4.78, 5) is 12.8. The minimum Gasteiger partial charge on any atom is -0.495 e. The van der Waals surface area contributed by atoms with Gasteiger partial charge in [0, 0.05) is 25.1 Å². The minimum atomic E-state index is -3.93. The third kappa shape index (κ3) is 6.16. The topological polar surface area (TPSA) is 101 Å². The molecule has 0 aliphatic rings. The van der Waals surface area contributed by atoms with Gasteiger partial charge >= 0.3 is 0 Å². The van der Waals surface area contributed by atoms with Gasteiger partial charge in [0.1, 0.15) is 15.7 Å². The molecule has 8 nitrogen and oxygen atoms in total. The molecule has 0 fully saturated rings. The second-order valence-corrected chi connectivity index (χ2v) is 10.8. The highest BCUT2D eigenvalue weighted by Crippen LogP contribution is 2.29. The van der Waals surface area contributed by atoms with E-state index in [4.69, 9.17) is 4.74 Å². The molecule has 0 bridgehead atoms. The number of nitrogens with zero attached hydrogens (tertiary/aromatic N) is 3. The van der Waals surface area contributed by atoms with E-state index < -0.39 is 15.9 Å². The molecule has 176 valence electrons. The predicted molar refractivity (Wildman–Crippen MR) is 129 cm³/mol. The number of hydrogen-bond acceptors (Lipinski definition) is 7. The zero-order valence-corrected chi connectivity index (χ0v) is 20.7. The predicted octanol–water partition coefficient (Wildman–Crippen LogP) is 4.21. The van der Waals surface area contributed by atoms with Crippen molar-refractivity contribution in [2.24, 2.45) is 5.92 Å². The Labute approximate surface area is 198 Å². The maximum absolute atomic E-state index is 13.5. The maximum atomic E-state index is 13.5. The van der Waals surface area contributed by atoms with Gasteiger partial charge in [0.15, 0.2) is 0 Å². The van der Waals surface area contributed by atoms with Gasteiger partial charge in [0.05, 0.1) is 7.11 Å². The molecule has 3 rings (SSSR count). The number of aromatic nitrogens is 2. The Morgan fingerprint density at radius 1 is 1.15 bits per heavy atom. The van der Waals surface area contributed by atoms with Gasteiger partial charge in [-0.15, -0.1) is 10.2 Å². The van der Waals surface area contributed by atoms with E-state index in [2.05, 4.69) is 29.4 Å². The van der Waals surface area contributed by atoms with Gasteiger partial charge in [-0.25, -0.2) is 8.42 Å². The van der Waals surface area contributed by atoms with E-state index in [0.29, 0.717) is 11.0 Å². The summed E-state index contributed by atoms with van der Waals surface area (Å²) < 4.78 is 33.6. The zero-order chi connectivity index (χ0) is 24.0. The van der Waals surface area contributed by atoms with Gasteiger partial charge in [-0.05, 0) is 29.7 Å². The smallest absolute Gasteiger partial charge is 0.257 e. The van der Waals surface area contributed by atoms with Crippen molar-refractivity contribution >= 4 is 32.4 Å². The minimum absolute atomic E-state index is 0.0619. The Hall–Kier alpha value is -2.82. The average molecular weight is 489 g/mol. The lowest BCUT2D eigenvalue weighted by molar-refractivity contribution is 0.102. The molecule has 3 aromatic rings. The molecule has 0 aliphatic heterocycles. The van der Waals surface area contributed by atoms with Crippen LogP contribution in [0.5, 0.6) is 5.75 Å². The van der Waals surface area contributed by atoms with Gasteiger partial charge in [0.25, 0.3) is 5.91 Å². The number of benzene rings is 2. The first kappa shape index (κ1) is 24.8. The van der Waals surface area contributed by atoms with Crippen LogP contribution in [0, 0.1) is 5.92 Å². The van der Waals surface area contributed by atoms with Gasteiger partial charge in [0.2, 0.25) is 15.2 Å². The molecule has 1 amide bonds. The number of anilines is 1. The molecule has 0 saturated heterocycles. The molecular weight excluding hydrogens is 460 g/mol. The molecule has 0 unspecified atom stereocenters. The summed E-state index contributed by atoms with van der Waals surface area (Å²) in [5.41, 5.74) is 1.05. The number of sulfonamides is 1. The SMILES string of the molecule is CCN(Cc1ccccc1)S(=O)(=O)c1cc(C(=O)Nc2nnc(CC(C)C)s2)ccc1OC. The molecule has 1 aromatic heterocycles. The first-order valence-electron chi connectivity index (χ1n) is 10.6. The first-order valence-corrected chi connectivity index (χ1v) is 12.9. The van der Waals surface area contributed by atoms with Crippen molar-refractivity contribution in [3.8, 4) is 5.75 Å². The summed E-state index contributed by atoms with van der Waals surface area (Å²) in [6.07, 6.45) is 0.771. The summed E-state index contributed by atoms with van der Waals surface area (Å²) in [7, 11) is -2.53. The Morgan fingerprint density at radius 2 is 1.88 bits per heavy atom. The molecule has 0 spiro atoms. The summed E-state index contributed by atoms with van der Waals surface area (Å²) in [6, 6.07) is 13.7. The molecule has 1 heterocycles.